The summed E-state index contributed by atoms with van der Waals surface area (Å²) in [5, 5.41) is 9.12. The average molecular weight is 741 g/mol. The Bertz CT molecular complexity index is 3510. The largest absolute Gasteiger partial charge is 0.455 e. The van der Waals surface area contributed by atoms with Crippen LogP contribution in [0.5, 0.6) is 0 Å². The zero-order valence-electron chi connectivity index (χ0n) is 31.2. The molecule has 0 atom stereocenters. The van der Waals surface area contributed by atoms with Crippen LogP contribution in [0.2, 0.25) is 0 Å². The Morgan fingerprint density at radius 1 is 0.345 bits per heavy atom. The lowest BCUT2D eigenvalue weighted by atomic mass is 9.97. The molecule has 0 aliphatic heterocycles. The number of fused-ring (bicyclic) bond motifs is 9. The fourth-order valence-electron chi connectivity index (χ4n) is 8.74. The van der Waals surface area contributed by atoms with Gasteiger partial charge in [-0.25, -0.2) is 15.0 Å². The zero-order chi connectivity index (χ0) is 38.2. The van der Waals surface area contributed by atoms with Gasteiger partial charge in [0.25, 0.3) is 0 Å². The van der Waals surface area contributed by atoms with Crippen LogP contribution in [0.3, 0.4) is 0 Å². The van der Waals surface area contributed by atoms with Gasteiger partial charge in [0.15, 0.2) is 17.5 Å². The minimum atomic E-state index is 0.581. The van der Waals surface area contributed by atoms with E-state index in [0.29, 0.717) is 17.5 Å². The zero-order valence-corrected chi connectivity index (χ0v) is 31.2. The molecule has 3 heterocycles. The predicted molar refractivity (Wildman–Crippen MR) is 238 cm³/mol. The molecule has 0 fully saturated rings. The van der Waals surface area contributed by atoms with Gasteiger partial charge in [0.05, 0.1) is 11.0 Å². The van der Waals surface area contributed by atoms with E-state index < -0.39 is 0 Å². The first-order valence-electron chi connectivity index (χ1n) is 19.5. The maximum atomic E-state index is 6.90. The van der Waals surface area contributed by atoms with Crippen molar-refractivity contribution in [3.05, 3.63) is 194 Å². The first-order chi connectivity index (χ1) is 28.7. The SMILES string of the molecule is c1ccc(-c2nc(-c3ccc4c(c3)oc3c(-c5ccccc5)cc(-n5c6ccccc6c6ccccc65)cc34)nc(-c3cc4ccccc4c4ccccc34)n2)cc1. The molecule has 0 N–H and O–H groups in total. The minimum absolute atomic E-state index is 0.581. The molecule has 0 amide bonds. The maximum absolute atomic E-state index is 6.90. The summed E-state index contributed by atoms with van der Waals surface area (Å²) in [4.78, 5) is 15.5. The molecule has 3 aromatic heterocycles. The minimum Gasteiger partial charge on any atom is -0.455 e. The third-order valence-electron chi connectivity index (χ3n) is 11.4. The van der Waals surface area contributed by atoms with Gasteiger partial charge in [-0.05, 0) is 69.6 Å². The molecule has 0 saturated heterocycles. The van der Waals surface area contributed by atoms with E-state index >= 15 is 0 Å². The van der Waals surface area contributed by atoms with Crippen molar-refractivity contribution in [2.75, 3.05) is 0 Å². The van der Waals surface area contributed by atoms with E-state index in [2.05, 4.69) is 168 Å². The van der Waals surface area contributed by atoms with E-state index in [0.717, 1.165) is 82.6 Å². The number of benzene rings is 9. The molecular formula is C53H32N4O. The normalized spacial score (nSPS) is 11.8. The molecule has 12 rings (SSSR count). The highest BCUT2D eigenvalue weighted by molar-refractivity contribution is 6.15. The average Bonchev–Trinajstić information content (AvgIpc) is 3.84. The fraction of sp³-hybridized carbons (Fsp3) is 0. The second kappa shape index (κ2) is 12.8. The molecule has 270 valence electrons. The lowest BCUT2D eigenvalue weighted by Gasteiger charge is -2.12. The van der Waals surface area contributed by atoms with Crippen molar-refractivity contribution in [2.24, 2.45) is 0 Å². The van der Waals surface area contributed by atoms with Gasteiger partial charge in [0, 0.05) is 49.5 Å². The van der Waals surface area contributed by atoms with Crippen molar-refractivity contribution in [2.45, 2.75) is 0 Å². The highest BCUT2D eigenvalue weighted by Gasteiger charge is 2.20. The van der Waals surface area contributed by atoms with Gasteiger partial charge >= 0.3 is 0 Å². The summed E-state index contributed by atoms with van der Waals surface area (Å²) < 4.78 is 9.28. The van der Waals surface area contributed by atoms with E-state index in [1.165, 1.54) is 16.2 Å². The summed E-state index contributed by atoms with van der Waals surface area (Å²) in [6.07, 6.45) is 0. The second-order valence-corrected chi connectivity index (χ2v) is 14.8. The number of rotatable bonds is 5. The lowest BCUT2D eigenvalue weighted by Crippen LogP contribution is -2.00. The lowest BCUT2D eigenvalue weighted by molar-refractivity contribution is 0.670. The van der Waals surface area contributed by atoms with Crippen LogP contribution in [0.25, 0.3) is 116 Å². The van der Waals surface area contributed by atoms with Crippen molar-refractivity contribution in [1.82, 2.24) is 19.5 Å². The third kappa shape index (κ3) is 5.07. The van der Waals surface area contributed by atoms with Crippen LogP contribution in [-0.2, 0) is 0 Å². The van der Waals surface area contributed by atoms with Gasteiger partial charge in [-0.1, -0.05) is 152 Å². The molecule has 0 aliphatic carbocycles. The van der Waals surface area contributed by atoms with Gasteiger partial charge in [-0.15, -0.1) is 0 Å². The van der Waals surface area contributed by atoms with Crippen LogP contribution in [-0.4, -0.2) is 19.5 Å². The van der Waals surface area contributed by atoms with Gasteiger partial charge < -0.3 is 8.98 Å². The van der Waals surface area contributed by atoms with Crippen LogP contribution < -0.4 is 0 Å². The summed E-state index contributed by atoms with van der Waals surface area (Å²) in [6, 6.07) is 68.0. The maximum Gasteiger partial charge on any atom is 0.164 e. The van der Waals surface area contributed by atoms with Gasteiger partial charge in [0.1, 0.15) is 11.2 Å². The van der Waals surface area contributed by atoms with Crippen LogP contribution in [0, 0.1) is 0 Å². The Balaban J connectivity index is 1.09. The topological polar surface area (TPSA) is 56.7 Å². The summed E-state index contributed by atoms with van der Waals surface area (Å²) in [5.74, 6) is 1.82. The molecule has 9 aromatic carbocycles. The number of hydrogen-bond acceptors (Lipinski definition) is 4. The summed E-state index contributed by atoms with van der Waals surface area (Å²) in [5.41, 5.74) is 9.87. The van der Waals surface area contributed by atoms with Crippen molar-refractivity contribution in [1.29, 1.82) is 0 Å². The van der Waals surface area contributed by atoms with Crippen LogP contribution in [0.1, 0.15) is 0 Å². The Kier molecular flexibility index (Phi) is 7.16. The fourth-order valence-corrected chi connectivity index (χ4v) is 8.74. The molecule has 0 bridgehead atoms. The van der Waals surface area contributed by atoms with E-state index in [1.54, 1.807) is 0 Å². The van der Waals surface area contributed by atoms with Gasteiger partial charge in [-0.3, -0.25) is 0 Å². The number of hydrogen-bond donors (Lipinski definition) is 0. The van der Waals surface area contributed by atoms with E-state index in [4.69, 9.17) is 19.4 Å². The Morgan fingerprint density at radius 3 is 1.64 bits per heavy atom. The van der Waals surface area contributed by atoms with E-state index in [-0.39, 0.29) is 0 Å². The Morgan fingerprint density at radius 2 is 0.914 bits per heavy atom. The molecule has 58 heavy (non-hydrogen) atoms. The molecule has 0 radical (unpaired) electrons. The summed E-state index contributed by atoms with van der Waals surface area (Å²) >= 11 is 0. The highest BCUT2D eigenvalue weighted by atomic mass is 16.3. The van der Waals surface area contributed by atoms with Crippen LogP contribution in [0.4, 0.5) is 0 Å². The summed E-state index contributed by atoms with van der Waals surface area (Å²) in [6.45, 7) is 0. The first-order valence-corrected chi connectivity index (χ1v) is 19.5. The monoisotopic (exact) mass is 740 g/mol. The molecule has 0 saturated carbocycles. The molecule has 12 aromatic rings. The van der Waals surface area contributed by atoms with Crippen LogP contribution in [0.15, 0.2) is 199 Å². The second-order valence-electron chi connectivity index (χ2n) is 14.8. The standard InChI is InChI=1S/C53H32N4O/c1-3-15-33(16-4-1)44-31-37(57-47-25-13-11-23-41(47)42-24-12-14-26-48(42)57)32-45-43-28-27-36(30-49(43)58-50(44)45)52-54-51(34-17-5-2-6-18-34)55-53(56-52)46-29-35-19-7-8-20-38(35)39-21-9-10-22-40(39)46/h1-32H. The van der Waals surface area contributed by atoms with Crippen molar-refractivity contribution in [3.63, 3.8) is 0 Å². The van der Waals surface area contributed by atoms with Crippen molar-refractivity contribution >= 4 is 65.3 Å². The first kappa shape index (κ1) is 32.4. The molecule has 0 spiro atoms. The van der Waals surface area contributed by atoms with Crippen molar-refractivity contribution in [3.8, 4) is 51.0 Å². The molecule has 0 aliphatic rings. The number of aromatic nitrogens is 4. The Labute approximate surface area is 333 Å². The predicted octanol–water partition coefficient (Wildman–Crippen LogP) is 13.8. The van der Waals surface area contributed by atoms with Crippen molar-refractivity contribution < 1.29 is 4.42 Å². The Hall–Kier alpha value is -7.89. The number of nitrogens with zero attached hydrogens (tertiary/aromatic N) is 4. The van der Waals surface area contributed by atoms with Gasteiger partial charge in [0.2, 0.25) is 0 Å². The van der Waals surface area contributed by atoms with Gasteiger partial charge in [-0.2, -0.15) is 0 Å². The molecule has 5 heteroatoms. The third-order valence-corrected chi connectivity index (χ3v) is 11.4. The molecule has 0 unspecified atom stereocenters. The quantitative estimate of drug-likeness (QED) is 0.165. The molecule has 5 nitrogen and oxygen atoms in total. The smallest absolute Gasteiger partial charge is 0.164 e. The van der Waals surface area contributed by atoms with E-state index in [9.17, 15) is 0 Å². The molecular weight excluding hydrogens is 709 g/mol. The van der Waals surface area contributed by atoms with Crippen LogP contribution >= 0.6 is 0 Å². The number of para-hydroxylation sites is 2. The number of furan rings is 1. The summed E-state index contributed by atoms with van der Waals surface area (Å²) in [7, 11) is 0. The van der Waals surface area contributed by atoms with E-state index in [1.807, 2.05) is 30.3 Å². The highest BCUT2D eigenvalue weighted by Crippen LogP contribution is 2.42.